The maximum atomic E-state index is 14.9. The molecule has 1 atom stereocenters. The molecule has 8 nitrogen and oxygen atoms in total. The van der Waals surface area contributed by atoms with Crippen LogP contribution in [0.5, 0.6) is 11.8 Å². The standard InChI is InChI=1S/C24H21F2N3O5/c1-33-19-10-13(22(30)29-8-4-7-18(29)23(31)32)9-16(15-5-3-6-17(25)21(15)26)20(19)14-11-27-24(34-2)28-12-14/h3,5-6,9-12,18H,4,7-8H2,1-2H3,(H,31,32). The fraction of sp³-hybridized carbons (Fsp3) is 0.250. The molecule has 34 heavy (non-hydrogen) atoms. The quantitative estimate of drug-likeness (QED) is 0.586. The minimum absolute atomic E-state index is 0.0850. The molecule has 4 rings (SSSR count). The summed E-state index contributed by atoms with van der Waals surface area (Å²) in [4.78, 5) is 34.3. The van der Waals surface area contributed by atoms with Crippen molar-refractivity contribution < 1.29 is 33.0 Å². The number of hydrogen-bond acceptors (Lipinski definition) is 6. The van der Waals surface area contributed by atoms with E-state index in [0.717, 1.165) is 6.07 Å². The van der Waals surface area contributed by atoms with E-state index in [-0.39, 0.29) is 35.0 Å². The number of methoxy groups -OCH3 is 2. The van der Waals surface area contributed by atoms with E-state index in [4.69, 9.17) is 9.47 Å². The molecule has 1 amide bonds. The van der Waals surface area contributed by atoms with Crippen molar-refractivity contribution in [2.45, 2.75) is 18.9 Å². The molecule has 1 unspecified atom stereocenters. The van der Waals surface area contributed by atoms with Crippen molar-refractivity contribution in [3.63, 3.8) is 0 Å². The first-order chi connectivity index (χ1) is 16.3. The number of likely N-dealkylation sites (tertiary alicyclic amines) is 1. The molecule has 3 aromatic rings. The summed E-state index contributed by atoms with van der Waals surface area (Å²) in [5.74, 6) is -3.62. The Hall–Kier alpha value is -4.08. The maximum absolute atomic E-state index is 14.9. The first-order valence-corrected chi connectivity index (χ1v) is 10.4. The zero-order valence-corrected chi connectivity index (χ0v) is 18.4. The largest absolute Gasteiger partial charge is 0.496 e. The number of aliphatic carboxylic acids is 1. The van der Waals surface area contributed by atoms with E-state index in [2.05, 4.69) is 9.97 Å². The first-order valence-electron chi connectivity index (χ1n) is 10.4. The number of carboxylic acids is 1. The van der Waals surface area contributed by atoms with E-state index >= 15 is 0 Å². The lowest BCUT2D eigenvalue weighted by Gasteiger charge is -2.23. The number of nitrogens with zero attached hydrogens (tertiary/aromatic N) is 3. The molecule has 2 aromatic carbocycles. The highest BCUT2D eigenvalue weighted by Gasteiger charge is 2.35. The SMILES string of the molecule is COc1ncc(-c2c(OC)cc(C(=O)N3CCCC3C(=O)O)cc2-c2cccc(F)c2F)cn1. The Kier molecular flexibility index (Phi) is 6.40. The Morgan fingerprint density at radius 1 is 1.09 bits per heavy atom. The number of carbonyl (C=O) groups is 2. The summed E-state index contributed by atoms with van der Waals surface area (Å²) in [6, 6.07) is 5.72. The van der Waals surface area contributed by atoms with Gasteiger partial charge >= 0.3 is 12.0 Å². The third kappa shape index (κ3) is 4.14. The zero-order chi connectivity index (χ0) is 24.4. The highest BCUT2D eigenvalue weighted by molar-refractivity contribution is 6.01. The van der Waals surface area contributed by atoms with E-state index in [1.165, 1.54) is 55.8 Å². The molecule has 1 saturated heterocycles. The molecule has 0 radical (unpaired) electrons. The highest BCUT2D eigenvalue weighted by atomic mass is 19.2. The van der Waals surface area contributed by atoms with Gasteiger partial charge in [-0.3, -0.25) is 4.79 Å². The van der Waals surface area contributed by atoms with Gasteiger partial charge in [-0.1, -0.05) is 12.1 Å². The van der Waals surface area contributed by atoms with Gasteiger partial charge < -0.3 is 19.5 Å². The van der Waals surface area contributed by atoms with Crippen molar-refractivity contribution in [3.05, 3.63) is 59.9 Å². The fourth-order valence-electron chi connectivity index (χ4n) is 4.10. The van der Waals surface area contributed by atoms with Crippen LogP contribution in [0.25, 0.3) is 22.3 Å². The predicted octanol–water partition coefficient (Wildman–Crippen LogP) is 3.80. The van der Waals surface area contributed by atoms with Crippen molar-refractivity contribution >= 4 is 11.9 Å². The normalized spacial score (nSPS) is 15.3. The molecule has 0 aliphatic carbocycles. The molecular formula is C24H21F2N3O5. The van der Waals surface area contributed by atoms with Gasteiger partial charge in [-0.25, -0.2) is 23.5 Å². The number of carbonyl (C=O) groups excluding carboxylic acids is 1. The highest BCUT2D eigenvalue weighted by Crippen LogP contribution is 2.42. The van der Waals surface area contributed by atoms with Crippen molar-refractivity contribution in [1.82, 2.24) is 14.9 Å². The Morgan fingerprint density at radius 2 is 1.82 bits per heavy atom. The van der Waals surface area contributed by atoms with Gasteiger partial charge in [0, 0.05) is 41.2 Å². The van der Waals surface area contributed by atoms with Crippen molar-refractivity contribution in [2.75, 3.05) is 20.8 Å². The summed E-state index contributed by atoms with van der Waals surface area (Å²) in [5, 5.41) is 9.48. The fourth-order valence-corrected chi connectivity index (χ4v) is 4.10. The average molecular weight is 469 g/mol. The van der Waals surface area contributed by atoms with Crippen LogP contribution in [0.3, 0.4) is 0 Å². The number of aromatic nitrogens is 2. The number of halogens is 2. The van der Waals surface area contributed by atoms with Gasteiger partial charge in [0.05, 0.1) is 14.2 Å². The molecule has 1 aliphatic rings. The van der Waals surface area contributed by atoms with Crippen LogP contribution in [-0.4, -0.2) is 58.7 Å². The van der Waals surface area contributed by atoms with Gasteiger partial charge in [-0.05, 0) is 36.6 Å². The van der Waals surface area contributed by atoms with Gasteiger partial charge in [0.25, 0.3) is 5.91 Å². The summed E-state index contributed by atoms with van der Waals surface area (Å²) in [6.07, 6.45) is 3.76. The Labute approximate surface area is 193 Å². The van der Waals surface area contributed by atoms with Gasteiger partial charge in [0.2, 0.25) is 0 Å². The monoisotopic (exact) mass is 469 g/mol. The minimum Gasteiger partial charge on any atom is -0.496 e. The molecular weight excluding hydrogens is 448 g/mol. The Balaban J connectivity index is 1.93. The molecule has 1 N–H and O–H groups in total. The minimum atomic E-state index is -1.10. The second-order valence-electron chi connectivity index (χ2n) is 7.66. The van der Waals surface area contributed by atoms with Crippen LogP contribution in [-0.2, 0) is 4.79 Å². The summed E-state index contributed by atoms with van der Waals surface area (Å²) in [6.45, 7) is 0.274. The average Bonchev–Trinajstić information content (AvgIpc) is 3.35. The summed E-state index contributed by atoms with van der Waals surface area (Å²) in [5.41, 5.74) is 0.902. The first kappa shape index (κ1) is 23.1. The molecule has 0 bridgehead atoms. The van der Waals surface area contributed by atoms with E-state index in [9.17, 15) is 23.5 Å². The summed E-state index contributed by atoms with van der Waals surface area (Å²) in [7, 11) is 2.78. The molecule has 0 saturated carbocycles. The lowest BCUT2D eigenvalue weighted by molar-refractivity contribution is -0.141. The maximum Gasteiger partial charge on any atom is 0.326 e. The van der Waals surface area contributed by atoms with Gasteiger partial charge in [-0.2, -0.15) is 0 Å². The smallest absolute Gasteiger partial charge is 0.326 e. The number of benzene rings is 2. The number of carboxylic acid groups (broad SMARTS) is 1. The lowest BCUT2D eigenvalue weighted by Crippen LogP contribution is -2.40. The summed E-state index contributed by atoms with van der Waals surface area (Å²) < 4.78 is 39.5. The molecule has 1 fully saturated rings. The van der Waals surface area contributed by atoms with Gasteiger partial charge in [0.1, 0.15) is 11.8 Å². The van der Waals surface area contributed by atoms with Crippen LogP contribution in [0.1, 0.15) is 23.2 Å². The summed E-state index contributed by atoms with van der Waals surface area (Å²) >= 11 is 0. The van der Waals surface area contributed by atoms with Crippen molar-refractivity contribution in [1.29, 1.82) is 0 Å². The number of hydrogen-bond donors (Lipinski definition) is 1. The van der Waals surface area contributed by atoms with Crippen LogP contribution in [0.15, 0.2) is 42.7 Å². The van der Waals surface area contributed by atoms with E-state index in [1.54, 1.807) is 0 Å². The molecule has 176 valence electrons. The molecule has 1 aromatic heterocycles. The van der Waals surface area contributed by atoms with E-state index in [0.29, 0.717) is 24.0 Å². The Bertz CT molecular complexity index is 1250. The van der Waals surface area contributed by atoms with Crippen LogP contribution >= 0.6 is 0 Å². The number of ether oxygens (including phenoxy) is 2. The van der Waals surface area contributed by atoms with Crippen LogP contribution < -0.4 is 9.47 Å². The second-order valence-corrected chi connectivity index (χ2v) is 7.66. The molecule has 2 heterocycles. The molecule has 10 heteroatoms. The van der Waals surface area contributed by atoms with Crippen molar-refractivity contribution in [2.24, 2.45) is 0 Å². The predicted molar refractivity (Wildman–Crippen MR) is 118 cm³/mol. The van der Waals surface area contributed by atoms with Crippen molar-refractivity contribution in [3.8, 4) is 34.0 Å². The lowest BCUT2D eigenvalue weighted by atomic mass is 9.92. The van der Waals surface area contributed by atoms with Gasteiger partial charge in [0.15, 0.2) is 11.6 Å². The molecule has 1 aliphatic heterocycles. The number of amides is 1. The Morgan fingerprint density at radius 3 is 2.47 bits per heavy atom. The third-order valence-corrected chi connectivity index (χ3v) is 5.71. The van der Waals surface area contributed by atoms with Gasteiger partial charge in [-0.15, -0.1) is 0 Å². The van der Waals surface area contributed by atoms with Crippen LogP contribution in [0, 0.1) is 11.6 Å². The topological polar surface area (TPSA) is 102 Å². The zero-order valence-electron chi connectivity index (χ0n) is 18.4. The van der Waals surface area contributed by atoms with Crippen LogP contribution in [0.4, 0.5) is 8.78 Å². The van der Waals surface area contributed by atoms with E-state index < -0.39 is 29.6 Å². The van der Waals surface area contributed by atoms with Crippen LogP contribution in [0.2, 0.25) is 0 Å². The third-order valence-electron chi connectivity index (χ3n) is 5.71. The number of rotatable bonds is 6. The molecule has 0 spiro atoms. The van der Waals surface area contributed by atoms with E-state index in [1.807, 2.05) is 0 Å². The second kappa shape index (κ2) is 9.42.